The Kier molecular flexibility index (Phi) is 4.14. The van der Waals surface area contributed by atoms with Crippen molar-refractivity contribution in [1.82, 2.24) is 0 Å². The van der Waals surface area contributed by atoms with E-state index in [1.54, 1.807) is 0 Å². The molecule has 1 rings (SSSR count). The van der Waals surface area contributed by atoms with Gasteiger partial charge >= 0.3 is 6.18 Å². The van der Waals surface area contributed by atoms with E-state index >= 15 is 0 Å². The maximum Gasteiger partial charge on any atom is 0.419 e. The highest BCUT2D eigenvalue weighted by Crippen LogP contribution is 2.33. The molecule has 0 radical (unpaired) electrons. The second-order valence-electron chi connectivity index (χ2n) is 4.47. The van der Waals surface area contributed by atoms with Crippen LogP contribution in [0.15, 0.2) is 18.2 Å². The zero-order chi connectivity index (χ0) is 13.2. The molecule has 0 unspecified atom stereocenters. The van der Waals surface area contributed by atoms with Gasteiger partial charge in [-0.1, -0.05) is 19.9 Å². The van der Waals surface area contributed by atoms with Gasteiger partial charge in [0.2, 0.25) is 0 Å². The minimum absolute atomic E-state index is 0.268. The molecule has 0 bridgehead atoms. The van der Waals surface area contributed by atoms with Crippen LogP contribution in [0.3, 0.4) is 0 Å². The lowest BCUT2D eigenvalue weighted by Crippen LogP contribution is -2.15. The molecule has 1 atom stereocenters. The van der Waals surface area contributed by atoms with E-state index in [9.17, 15) is 17.6 Å². The van der Waals surface area contributed by atoms with Crippen LogP contribution in [0, 0.1) is 11.7 Å². The summed E-state index contributed by atoms with van der Waals surface area (Å²) in [4.78, 5) is 0. The number of rotatable bonds is 3. The summed E-state index contributed by atoms with van der Waals surface area (Å²) in [5.74, 6) is -0.998. The minimum atomic E-state index is -4.68. The smallest absolute Gasteiger partial charge is 0.324 e. The topological polar surface area (TPSA) is 26.0 Å². The quantitative estimate of drug-likeness (QED) is 0.808. The standard InChI is InChI=1S/C12H15F4N/c1-7(2)5-11(17)8-3-4-10(13)9(6-8)12(14,15)16/h3-4,6-7,11H,5,17H2,1-2H3/t11-/m1/s1. The van der Waals surface area contributed by atoms with E-state index in [1.807, 2.05) is 13.8 Å². The van der Waals surface area contributed by atoms with E-state index in [1.165, 1.54) is 6.07 Å². The molecule has 1 nitrogen and oxygen atoms in total. The van der Waals surface area contributed by atoms with Gasteiger partial charge in [-0.2, -0.15) is 13.2 Å². The molecule has 5 heteroatoms. The van der Waals surface area contributed by atoms with Crippen LogP contribution in [0.25, 0.3) is 0 Å². The molecule has 0 heterocycles. The monoisotopic (exact) mass is 249 g/mol. The molecule has 0 aliphatic heterocycles. The molecule has 1 aromatic rings. The second-order valence-corrected chi connectivity index (χ2v) is 4.47. The summed E-state index contributed by atoms with van der Waals surface area (Å²) in [5.41, 5.74) is 4.83. The molecule has 0 saturated carbocycles. The van der Waals surface area contributed by atoms with Gasteiger partial charge < -0.3 is 5.73 Å². The number of halogens is 4. The molecule has 0 aliphatic carbocycles. The molecule has 0 aliphatic rings. The zero-order valence-corrected chi connectivity index (χ0v) is 9.68. The van der Waals surface area contributed by atoms with Gasteiger partial charge in [0.05, 0.1) is 5.56 Å². The highest BCUT2D eigenvalue weighted by Gasteiger charge is 2.34. The summed E-state index contributed by atoms with van der Waals surface area (Å²) in [7, 11) is 0. The van der Waals surface area contributed by atoms with Crippen molar-refractivity contribution in [3.63, 3.8) is 0 Å². The third-order valence-corrected chi connectivity index (χ3v) is 2.45. The predicted molar refractivity (Wildman–Crippen MR) is 57.8 cm³/mol. The predicted octanol–water partition coefficient (Wildman–Crippen LogP) is 3.89. The van der Waals surface area contributed by atoms with Gasteiger partial charge in [-0.25, -0.2) is 4.39 Å². The van der Waals surface area contributed by atoms with Crippen molar-refractivity contribution in [3.05, 3.63) is 35.1 Å². The Bertz CT molecular complexity index is 385. The molecule has 2 N–H and O–H groups in total. The molecule has 0 saturated heterocycles. The van der Waals surface area contributed by atoms with Crippen molar-refractivity contribution in [1.29, 1.82) is 0 Å². The summed E-state index contributed by atoms with van der Waals surface area (Å²) < 4.78 is 50.5. The Morgan fingerprint density at radius 2 is 1.82 bits per heavy atom. The third kappa shape index (κ3) is 3.70. The van der Waals surface area contributed by atoms with Gasteiger partial charge in [-0.3, -0.25) is 0 Å². The first-order valence-electron chi connectivity index (χ1n) is 5.34. The van der Waals surface area contributed by atoms with Crippen LogP contribution < -0.4 is 5.73 Å². The van der Waals surface area contributed by atoms with E-state index in [4.69, 9.17) is 5.73 Å². The Balaban J connectivity index is 3.04. The fourth-order valence-electron chi connectivity index (χ4n) is 1.63. The second kappa shape index (κ2) is 5.04. The highest BCUT2D eigenvalue weighted by atomic mass is 19.4. The number of benzene rings is 1. The fraction of sp³-hybridized carbons (Fsp3) is 0.500. The lowest BCUT2D eigenvalue weighted by atomic mass is 9.96. The van der Waals surface area contributed by atoms with Gasteiger partial charge in [0.25, 0.3) is 0 Å². The average Bonchev–Trinajstić information content (AvgIpc) is 2.15. The SMILES string of the molecule is CC(C)C[C@@H](N)c1ccc(F)c(C(F)(F)F)c1. The van der Waals surface area contributed by atoms with Crippen LogP contribution in [0.1, 0.15) is 37.4 Å². The van der Waals surface area contributed by atoms with E-state index < -0.39 is 23.6 Å². The van der Waals surface area contributed by atoms with Gasteiger partial charge in [0.15, 0.2) is 0 Å². The van der Waals surface area contributed by atoms with Gasteiger partial charge in [-0.05, 0) is 30.0 Å². The average molecular weight is 249 g/mol. The van der Waals surface area contributed by atoms with Crippen LogP contribution in [-0.4, -0.2) is 0 Å². The van der Waals surface area contributed by atoms with Gasteiger partial charge in [0.1, 0.15) is 5.82 Å². The van der Waals surface area contributed by atoms with Crippen molar-refractivity contribution in [2.24, 2.45) is 11.7 Å². The highest BCUT2D eigenvalue weighted by molar-refractivity contribution is 5.29. The van der Waals surface area contributed by atoms with Gasteiger partial charge in [0, 0.05) is 6.04 Å². The van der Waals surface area contributed by atoms with E-state index in [0.29, 0.717) is 12.0 Å². The van der Waals surface area contributed by atoms with Crippen LogP contribution in [0.2, 0.25) is 0 Å². The van der Waals surface area contributed by atoms with Crippen molar-refractivity contribution in [2.75, 3.05) is 0 Å². The molecule has 0 fully saturated rings. The summed E-state index contributed by atoms with van der Waals surface area (Å²) >= 11 is 0. The summed E-state index contributed by atoms with van der Waals surface area (Å²) in [6, 6.07) is 2.41. The molecule has 0 aromatic heterocycles. The first-order valence-corrected chi connectivity index (χ1v) is 5.34. The first-order chi connectivity index (χ1) is 7.71. The Hall–Kier alpha value is -1.10. The van der Waals surface area contributed by atoms with E-state index in [0.717, 1.165) is 12.1 Å². The fourth-order valence-corrected chi connectivity index (χ4v) is 1.63. The van der Waals surface area contributed by atoms with E-state index in [-0.39, 0.29) is 5.92 Å². The Morgan fingerprint density at radius 1 is 1.24 bits per heavy atom. The summed E-state index contributed by atoms with van der Waals surface area (Å²) in [5, 5.41) is 0. The normalized spacial score (nSPS) is 14.1. The van der Waals surface area contributed by atoms with E-state index in [2.05, 4.69) is 0 Å². The molecule has 0 spiro atoms. The molecule has 1 aromatic carbocycles. The van der Waals surface area contributed by atoms with Crippen LogP contribution in [-0.2, 0) is 6.18 Å². The first kappa shape index (κ1) is 14.0. The lowest BCUT2D eigenvalue weighted by Gasteiger charge is -2.16. The van der Waals surface area contributed by atoms with Crippen LogP contribution >= 0.6 is 0 Å². The summed E-state index contributed by atoms with van der Waals surface area (Å²) in [6.45, 7) is 3.85. The van der Waals surface area contributed by atoms with Crippen molar-refractivity contribution >= 4 is 0 Å². The Labute approximate surface area is 97.6 Å². The zero-order valence-electron chi connectivity index (χ0n) is 9.68. The number of hydrogen-bond donors (Lipinski definition) is 1. The van der Waals surface area contributed by atoms with Crippen molar-refractivity contribution < 1.29 is 17.6 Å². The van der Waals surface area contributed by atoms with Gasteiger partial charge in [-0.15, -0.1) is 0 Å². The Morgan fingerprint density at radius 3 is 2.29 bits per heavy atom. The maximum atomic E-state index is 13.0. The molecule has 96 valence electrons. The molecule has 17 heavy (non-hydrogen) atoms. The van der Waals surface area contributed by atoms with Crippen LogP contribution in [0.4, 0.5) is 17.6 Å². The molecule has 0 amide bonds. The molecular formula is C12H15F4N. The van der Waals surface area contributed by atoms with Crippen molar-refractivity contribution in [3.8, 4) is 0 Å². The summed E-state index contributed by atoms with van der Waals surface area (Å²) in [6.07, 6.45) is -4.12. The minimum Gasteiger partial charge on any atom is -0.324 e. The lowest BCUT2D eigenvalue weighted by molar-refractivity contribution is -0.140. The number of hydrogen-bond acceptors (Lipinski definition) is 1. The molecular weight excluding hydrogens is 234 g/mol. The van der Waals surface area contributed by atoms with Crippen molar-refractivity contribution in [2.45, 2.75) is 32.5 Å². The van der Waals surface area contributed by atoms with Crippen LogP contribution in [0.5, 0.6) is 0 Å². The third-order valence-electron chi connectivity index (χ3n) is 2.45. The number of alkyl halides is 3. The maximum absolute atomic E-state index is 13.0. The largest absolute Gasteiger partial charge is 0.419 e. The number of nitrogens with two attached hydrogens (primary N) is 1.